The number of carbonyl (C=O) groups is 3. The van der Waals surface area contributed by atoms with Crippen molar-refractivity contribution in [2.24, 2.45) is 0 Å². The van der Waals surface area contributed by atoms with Gasteiger partial charge in [0, 0.05) is 25.5 Å². The molecule has 0 aliphatic carbocycles. The highest BCUT2D eigenvalue weighted by atomic mass is 16.6. The fourth-order valence-electron chi connectivity index (χ4n) is 4.17. The Morgan fingerprint density at radius 3 is 2.48 bits per heavy atom. The van der Waals surface area contributed by atoms with Gasteiger partial charge in [-0.2, -0.15) is 0 Å². The second-order valence-corrected chi connectivity index (χ2v) is 9.27. The molecule has 40 heavy (non-hydrogen) atoms. The van der Waals surface area contributed by atoms with Crippen molar-refractivity contribution in [1.82, 2.24) is 20.8 Å². The largest absolute Gasteiger partial charge is 0.385 e. The predicted molar refractivity (Wildman–Crippen MR) is 155 cm³/mol. The summed E-state index contributed by atoms with van der Waals surface area (Å²) >= 11 is 0. The standard InChI is InChI=1S/C28H30N4O4.C3H8O/c33-18-17-25(34)29-24(28-30-23-16-15-21-11-7-8-12-22(21)27(23)31-28)13-5-2-6-14-26(35)32-36-19-20-9-3-1-4-10-20;1-3-4-2/h1,3-4,7-12,15-16,18,24H,2,5-6,13-14,17,19H2,(H,29,34)(H,30,31)(H,32,35);3H2,1-2H3. The highest BCUT2D eigenvalue weighted by Gasteiger charge is 2.19. The second-order valence-electron chi connectivity index (χ2n) is 9.27. The number of ether oxygens (including phenoxy) is 1. The van der Waals surface area contributed by atoms with E-state index in [9.17, 15) is 14.4 Å². The lowest BCUT2D eigenvalue weighted by Gasteiger charge is -2.16. The molecule has 9 nitrogen and oxygen atoms in total. The van der Waals surface area contributed by atoms with Gasteiger partial charge in [-0.3, -0.25) is 14.4 Å². The first-order valence-corrected chi connectivity index (χ1v) is 13.6. The summed E-state index contributed by atoms with van der Waals surface area (Å²) in [7, 11) is 1.68. The molecule has 3 N–H and O–H groups in total. The number of amides is 2. The van der Waals surface area contributed by atoms with E-state index in [-0.39, 0.29) is 24.3 Å². The minimum atomic E-state index is -0.355. The summed E-state index contributed by atoms with van der Waals surface area (Å²) < 4.78 is 4.54. The van der Waals surface area contributed by atoms with Crippen molar-refractivity contribution in [2.75, 3.05) is 13.7 Å². The maximum absolute atomic E-state index is 12.2. The van der Waals surface area contributed by atoms with Crippen LogP contribution in [0.2, 0.25) is 0 Å². The number of hydrogen-bond donors (Lipinski definition) is 3. The van der Waals surface area contributed by atoms with E-state index in [2.05, 4.69) is 20.5 Å². The minimum Gasteiger partial charge on any atom is -0.385 e. The van der Waals surface area contributed by atoms with E-state index in [4.69, 9.17) is 9.82 Å². The number of methoxy groups -OCH3 is 1. The second kappa shape index (κ2) is 16.8. The molecule has 0 aliphatic heterocycles. The van der Waals surface area contributed by atoms with Crippen LogP contribution < -0.4 is 10.8 Å². The number of hydrogen-bond acceptors (Lipinski definition) is 6. The lowest BCUT2D eigenvalue weighted by molar-refractivity contribution is -0.134. The Labute approximate surface area is 234 Å². The third kappa shape index (κ3) is 9.59. The third-order valence-corrected chi connectivity index (χ3v) is 6.28. The Morgan fingerprint density at radius 2 is 1.73 bits per heavy atom. The predicted octanol–water partition coefficient (Wildman–Crippen LogP) is 5.31. The van der Waals surface area contributed by atoms with Gasteiger partial charge >= 0.3 is 0 Å². The molecule has 9 heteroatoms. The van der Waals surface area contributed by atoms with Crippen LogP contribution in [0.15, 0.2) is 66.7 Å². The summed E-state index contributed by atoms with van der Waals surface area (Å²) in [4.78, 5) is 48.4. The fraction of sp³-hybridized carbons (Fsp3) is 0.355. The smallest absolute Gasteiger partial charge is 0.243 e. The molecule has 0 saturated heterocycles. The molecule has 0 aliphatic rings. The van der Waals surface area contributed by atoms with Crippen LogP contribution in [0, 0.1) is 0 Å². The van der Waals surface area contributed by atoms with Crippen LogP contribution in [0.3, 0.4) is 0 Å². The molecule has 4 aromatic rings. The van der Waals surface area contributed by atoms with Gasteiger partial charge in [0.15, 0.2) is 0 Å². The Hall–Kier alpha value is -4.08. The first-order valence-electron chi connectivity index (χ1n) is 13.6. The van der Waals surface area contributed by atoms with Crippen molar-refractivity contribution in [1.29, 1.82) is 0 Å². The first kappa shape index (κ1) is 30.5. The maximum Gasteiger partial charge on any atom is 0.243 e. The van der Waals surface area contributed by atoms with Gasteiger partial charge in [-0.05, 0) is 36.8 Å². The number of nitrogens with one attached hydrogen (secondary N) is 3. The van der Waals surface area contributed by atoms with Gasteiger partial charge in [0.25, 0.3) is 0 Å². The number of imidazole rings is 1. The molecule has 212 valence electrons. The average molecular weight is 547 g/mol. The SMILES string of the molecule is CCOC.O=CCC(=O)NC(CCCCCC(=O)NOCc1ccccc1)c1nc2c(ccc3ccccc32)[nH]1. The van der Waals surface area contributed by atoms with Gasteiger partial charge < -0.3 is 19.8 Å². The van der Waals surface area contributed by atoms with E-state index in [1.165, 1.54) is 0 Å². The number of aldehydes is 1. The Kier molecular flexibility index (Phi) is 12.8. The van der Waals surface area contributed by atoms with Crippen LogP contribution in [0.25, 0.3) is 21.8 Å². The molecule has 1 unspecified atom stereocenters. The third-order valence-electron chi connectivity index (χ3n) is 6.28. The van der Waals surface area contributed by atoms with E-state index in [0.717, 1.165) is 46.8 Å². The van der Waals surface area contributed by atoms with E-state index in [0.29, 0.717) is 38.0 Å². The van der Waals surface area contributed by atoms with E-state index >= 15 is 0 Å². The summed E-state index contributed by atoms with van der Waals surface area (Å²) in [6.45, 7) is 3.10. The normalized spacial score (nSPS) is 11.4. The van der Waals surface area contributed by atoms with Crippen LogP contribution in [0.1, 0.15) is 62.9 Å². The summed E-state index contributed by atoms with van der Waals surface area (Å²) in [6.07, 6.45) is 3.67. The molecule has 0 spiro atoms. The lowest BCUT2D eigenvalue weighted by atomic mass is 10.1. The monoisotopic (exact) mass is 546 g/mol. The Bertz CT molecular complexity index is 1350. The number of rotatable bonds is 14. The van der Waals surface area contributed by atoms with Crippen molar-refractivity contribution in [3.05, 3.63) is 78.1 Å². The number of aromatic nitrogens is 2. The number of unbranched alkanes of at least 4 members (excludes halogenated alkanes) is 2. The molecule has 4 rings (SSSR count). The van der Waals surface area contributed by atoms with Crippen molar-refractivity contribution in [3.63, 3.8) is 0 Å². The topological polar surface area (TPSA) is 122 Å². The molecule has 0 bridgehead atoms. The molecule has 1 aromatic heterocycles. The van der Waals surface area contributed by atoms with Gasteiger partial charge in [0.1, 0.15) is 12.1 Å². The summed E-state index contributed by atoms with van der Waals surface area (Å²) in [6, 6.07) is 21.3. The number of benzene rings is 3. The molecule has 0 radical (unpaired) electrons. The van der Waals surface area contributed by atoms with Gasteiger partial charge in [-0.15, -0.1) is 0 Å². The van der Waals surface area contributed by atoms with Gasteiger partial charge in [-0.25, -0.2) is 10.5 Å². The highest BCUT2D eigenvalue weighted by molar-refractivity contribution is 6.04. The zero-order valence-corrected chi connectivity index (χ0v) is 23.2. The molecule has 2 amide bonds. The van der Waals surface area contributed by atoms with Crippen LogP contribution in [0.4, 0.5) is 0 Å². The van der Waals surface area contributed by atoms with Crippen molar-refractivity contribution >= 4 is 39.9 Å². The number of hydroxylamine groups is 1. The van der Waals surface area contributed by atoms with Crippen molar-refractivity contribution < 1.29 is 24.0 Å². The number of aromatic amines is 1. The molecular weight excluding hydrogens is 508 g/mol. The number of fused-ring (bicyclic) bond motifs is 3. The lowest BCUT2D eigenvalue weighted by Crippen LogP contribution is -2.29. The van der Waals surface area contributed by atoms with Gasteiger partial charge in [-0.1, -0.05) is 73.5 Å². The van der Waals surface area contributed by atoms with Crippen LogP contribution in [-0.4, -0.2) is 41.8 Å². The quantitative estimate of drug-likeness (QED) is 0.0852. The van der Waals surface area contributed by atoms with E-state index in [1.807, 2.05) is 73.7 Å². The summed E-state index contributed by atoms with van der Waals surface area (Å²) in [5, 5.41) is 5.05. The van der Waals surface area contributed by atoms with Gasteiger partial charge in [0.05, 0.1) is 30.1 Å². The molecule has 1 atom stereocenters. The average Bonchev–Trinajstić information content (AvgIpc) is 3.42. The maximum atomic E-state index is 12.2. The first-order chi connectivity index (χ1) is 19.5. The molecule has 3 aromatic carbocycles. The number of nitrogens with zero attached hydrogens (tertiary/aromatic N) is 1. The summed E-state index contributed by atoms with van der Waals surface area (Å²) in [5.74, 6) is 0.161. The van der Waals surface area contributed by atoms with Crippen molar-refractivity contribution in [3.8, 4) is 0 Å². The Morgan fingerprint density at radius 1 is 0.975 bits per heavy atom. The van der Waals surface area contributed by atoms with Crippen LogP contribution in [-0.2, 0) is 30.6 Å². The van der Waals surface area contributed by atoms with Gasteiger partial charge in [0.2, 0.25) is 11.8 Å². The van der Waals surface area contributed by atoms with Crippen molar-refractivity contribution in [2.45, 2.75) is 58.1 Å². The zero-order chi connectivity index (χ0) is 28.6. The number of carbonyl (C=O) groups excluding carboxylic acids is 3. The molecular formula is C31H38N4O5. The van der Waals surface area contributed by atoms with E-state index in [1.54, 1.807) is 7.11 Å². The van der Waals surface area contributed by atoms with Crippen LogP contribution >= 0.6 is 0 Å². The van der Waals surface area contributed by atoms with Crippen LogP contribution in [0.5, 0.6) is 0 Å². The Balaban J connectivity index is 0.00000103. The molecule has 0 saturated carbocycles. The minimum absolute atomic E-state index is 0.161. The number of H-pyrrole nitrogens is 1. The fourth-order valence-corrected chi connectivity index (χ4v) is 4.17. The zero-order valence-electron chi connectivity index (χ0n) is 23.2. The molecule has 0 fully saturated rings. The molecule has 1 heterocycles. The highest BCUT2D eigenvalue weighted by Crippen LogP contribution is 2.27. The summed E-state index contributed by atoms with van der Waals surface area (Å²) in [5.41, 5.74) is 5.21. The van der Waals surface area contributed by atoms with E-state index < -0.39 is 0 Å².